The van der Waals surface area contributed by atoms with Crippen LogP contribution >= 0.6 is 0 Å². The molecule has 156 valence electrons. The predicted molar refractivity (Wildman–Crippen MR) is 109 cm³/mol. The highest BCUT2D eigenvalue weighted by molar-refractivity contribution is 5.88. The van der Waals surface area contributed by atoms with E-state index in [9.17, 15) is 14.4 Å². The largest absolute Gasteiger partial charge is 0.460 e. The number of allylic oxidation sites excluding steroid dienone is 3. The Labute approximate surface area is 171 Å². The summed E-state index contributed by atoms with van der Waals surface area (Å²) in [5.41, 5.74) is 1.19. The summed E-state index contributed by atoms with van der Waals surface area (Å²) in [5.74, 6) is -1.03. The van der Waals surface area contributed by atoms with Gasteiger partial charge in [-0.15, -0.1) is 0 Å². The van der Waals surface area contributed by atoms with Gasteiger partial charge in [0.15, 0.2) is 0 Å². The van der Waals surface area contributed by atoms with Gasteiger partial charge in [0, 0.05) is 0 Å². The summed E-state index contributed by atoms with van der Waals surface area (Å²) in [4.78, 5) is 36.6. The number of hydrogen-bond donors (Lipinski definition) is 2. The number of amides is 2. The van der Waals surface area contributed by atoms with E-state index in [4.69, 9.17) is 9.47 Å². The van der Waals surface area contributed by atoms with Crippen molar-refractivity contribution in [2.24, 2.45) is 0 Å². The molecule has 0 radical (unpaired) electrons. The number of hydrogen-bond acceptors (Lipinski definition) is 5. The number of rotatable bonds is 8. The summed E-state index contributed by atoms with van der Waals surface area (Å²) in [5, 5.41) is 5.12. The molecule has 0 saturated carbocycles. The van der Waals surface area contributed by atoms with Crippen molar-refractivity contribution >= 4 is 18.0 Å². The smallest absolute Gasteiger partial charge is 0.408 e. The first kappa shape index (κ1) is 22.2. The standard InChI is InChI=1S/C22H28N2O5/c1-22(2,3)29-21(27)24-18(13-16-9-7-8-10-16)20(26)23-14-19(25)28-15-17-11-5-4-6-12-17/h4-9,11-12,18H,10,13-15H2,1-3H3,(H,23,26)(H,24,27)/t18-/m0/s1. The van der Waals surface area contributed by atoms with Crippen LogP contribution in [0.3, 0.4) is 0 Å². The second-order valence-corrected chi connectivity index (χ2v) is 7.72. The van der Waals surface area contributed by atoms with Gasteiger partial charge in [-0.3, -0.25) is 9.59 Å². The summed E-state index contributed by atoms with van der Waals surface area (Å²) >= 11 is 0. The van der Waals surface area contributed by atoms with E-state index >= 15 is 0 Å². The second kappa shape index (κ2) is 10.5. The average Bonchev–Trinajstić information content (AvgIpc) is 3.16. The van der Waals surface area contributed by atoms with Crippen LogP contribution in [0.15, 0.2) is 54.1 Å². The Morgan fingerprint density at radius 2 is 1.86 bits per heavy atom. The van der Waals surface area contributed by atoms with Gasteiger partial charge in [0.25, 0.3) is 0 Å². The lowest BCUT2D eigenvalue weighted by atomic mass is 10.0. The minimum absolute atomic E-state index is 0.133. The number of carbonyl (C=O) groups excluding carboxylic acids is 3. The number of alkyl carbamates (subject to hydrolysis) is 1. The summed E-state index contributed by atoms with van der Waals surface area (Å²) in [7, 11) is 0. The van der Waals surface area contributed by atoms with Crippen LogP contribution in [0.25, 0.3) is 0 Å². The van der Waals surface area contributed by atoms with Crippen LogP contribution < -0.4 is 10.6 Å². The first-order valence-corrected chi connectivity index (χ1v) is 9.54. The van der Waals surface area contributed by atoms with Crippen molar-refractivity contribution in [1.29, 1.82) is 0 Å². The van der Waals surface area contributed by atoms with Crippen LogP contribution in [0.2, 0.25) is 0 Å². The van der Waals surface area contributed by atoms with E-state index in [2.05, 4.69) is 10.6 Å². The van der Waals surface area contributed by atoms with Crippen LogP contribution in [0.1, 0.15) is 39.2 Å². The molecule has 0 heterocycles. The van der Waals surface area contributed by atoms with Gasteiger partial charge in [0.1, 0.15) is 24.8 Å². The van der Waals surface area contributed by atoms with Gasteiger partial charge in [-0.2, -0.15) is 0 Å². The zero-order valence-electron chi connectivity index (χ0n) is 17.1. The minimum Gasteiger partial charge on any atom is -0.460 e. The number of ether oxygens (including phenoxy) is 2. The molecule has 0 aromatic heterocycles. The number of nitrogens with one attached hydrogen (secondary N) is 2. The maximum Gasteiger partial charge on any atom is 0.408 e. The molecule has 1 atom stereocenters. The first-order chi connectivity index (χ1) is 13.7. The monoisotopic (exact) mass is 400 g/mol. The van der Waals surface area contributed by atoms with Gasteiger partial charge in [-0.25, -0.2) is 4.79 Å². The number of benzene rings is 1. The Hall–Kier alpha value is -3.09. The molecule has 1 aliphatic rings. The van der Waals surface area contributed by atoms with Crippen LogP contribution in [-0.4, -0.2) is 36.2 Å². The van der Waals surface area contributed by atoms with E-state index in [-0.39, 0.29) is 13.2 Å². The lowest BCUT2D eigenvalue weighted by Gasteiger charge is -2.23. The third kappa shape index (κ3) is 8.64. The molecule has 0 bridgehead atoms. The molecule has 1 aromatic carbocycles. The molecule has 2 N–H and O–H groups in total. The van der Waals surface area contributed by atoms with Crippen molar-refractivity contribution in [3.8, 4) is 0 Å². The Morgan fingerprint density at radius 3 is 2.48 bits per heavy atom. The van der Waals surface area contributed by atoms with Gasteiger partial charge in [0.05, 0.1) is 0 Å². The molecule has 2 rings (SSSR count). The summed E-state index contributed by atoms with van der Waals surface area (Å²) < 4.78 is 10.4. The molecular formula is C22H28N2O5. The van der Waals surface area contributed by atoms with Gasteiger partial charge in [-0.05, 0) is 39.2 Å². The number of esters is 1. The van der Waals surface area contributed by atoms with E-state index < -0.39 is 29.6 Å². The molecule has 0 saturated heterocycles. The van der Waals surface area contributed by atoms with E-state index in [1.54, 1.807) is 20.8 Å². The van der Waals surface area contributed by atoms with Crippen molar-refractivity contribution in [2.45, 2.75) is 51.9 Å². The molecule has 2 amide bonds. The Kier molecular flexibility index (Phi) is 8.00. The molecule has 7 nitrogen and oxygen atoms in total. The SMILES string of the molecule is CC(C)(C)OC(=O)N[C@@H](CC1=CC=CC1)C(=O)NCC(=O)OCc1ccccc1. The highest BCUT2D eigenvalue weighted by Gasteiger charge is 2.25. The fourth-order valence-electron chi connectivity index (χ4n) is 2.64. The molecule has 1 aromatic rings. The molecule has 1 aliphatic carbocycles. The van der Waals surface area contributed by atoms with Crippen molar-refractivity contribution in [3.63, 3.8) is 0 Å². The summed E-state index contributed by atoms with van der Waals surface area (Å²) in [6, 6.07) is 8.41. The molecule has 0 aliphatic heterocycles. The van der Waals surface area contributed by atoms with Crippen LogP contribution in [-0.2, 0) is 25.7 Å². The quantitative estimate of drug-likeness (QED) is 0.654. The normalized spacial score (nSPS) is 14.0. The number of carbonyl (C=O) groups is 3. The van der Waals surface area contributed by atoms with E-state index in [0.717, 1.165) is 17.6 Å². The molecule has 7 heteroatoms. The van der Waals surface area contributed by atoms with Gasteiger partial charge >= 0.3 is 12.1 Å². The lowest BCUT2D eigenvalue weighted by Crippen LogP contribution is -2.49. The molecule has 0 unspecified atom stereocenters. The van der Waals surface area contributed by atoms with Crippen molar-refractivity contribution in [2.75, 3.05) is 6.54 Å². The fraction of sp³-hybridized carbons (Fsp3) is 0.409. The van der Waals surface area contributed by atoms with Crippen LogP contribution in [0.5, 0.6) is 0 Å². The van der Waals surface area contributed by atoms with Crippen molar-refractivity contribution in [1.82, 2.24) is 10.6 Å². The highest BCUT2D eigenvalue weighted by Crippen LogP contribution is 2.17. The summed E-state index contributed by atoms with van der Waals surface area (Å²) in [6.07, 6.45) is 6.15. The van der Waals surface area contributed by atoms with Gasteiger partial charge in [0.2, 0.25) is 5.91 Å². The van der Waals surface area contributed by atoms with E-state index in [1.807, 2.05) is 48.6 Å². The first-order valence-electron chi connectivity index (χ1n) is 9.54. The molecule has 29 heavy (non-hydrogen) atoms. The molecular weight excluding hydrogens is 372 g/mol. The van der Waals surface area contributed by atoms with Crippen LogP contribution in [0.4, 0.5) is 4.79 Å². The fourth-order valence-corrected chi connectivity index (χ4v) is 2.64. The molecule has 0 spiro atoms. The van der Waals surface area contributed by atoms with Gasteiger partial charge < -0.3 is 20.1 Å². The third-order valence-electron chi connectivity index (χ3n) is 3.97. The summed E-state index contributed by atoms with van der Waals surface area (Å²) in [6.45, 7) is 5.08. The van der Waals surface area contributed by atoms with Crippen molar-refractivity contribution < 1.29 is 23.9 Å². The van der Waals surface area contributed by atoms with Gasteiger partial charge in [-0.1, -0.05) is 54.1 Å². The Balaban J connectivity index is 1.86. The highest BCUT2D eigenvalue weighted by atomic mass is 16.6. The third-order valence-corrected chi connectivity index (χ3v) is 3.97. The predicted octanol–water partition coefficient (Wildman–Crippen LogP) is 3.02. The molecule has 0 fully saturated rings. The maximum atomic E-state index is 12.6. The Morgan fingerprint density at radius 1 is 1.14 bits per heavy atom. The minimum atomic E-state index is -0.849. The van der Waals surface area contributed by atoms with E-state index in [1.165, 1.54) is 0 Å². The average molecular weight is 400 g/mol. The van der Waals surface area contributed by atoms with E-state index in [0.29, 0.717) is 6.42 Å². The zero-order chi connectivity index (χ0) is 21.3. The zero-order valence-corrected chi connectivity index (χ0v) is 17.1. The Bertz CT molecular complexity index is 778. The topological polar surface area (TPSA) is 93.7 Å². The lowest BCUT2D eigenvalue weighted by molar-refractivity contribution is -0.145. The van der Waals surface area contributed by atoms with Crippen molar-refractivity contribution in [3.05, 3.63) is 59.7 Å². The maximum absolute atomic E-state index is 12.6. The van der Waals surface area contributed by atoms with Crippen LogP contribution in [0, 0.1) is 0 Å². The second-order valence-electron chi connectivity index (χ2n) is 7.72.